The van der Waals surface area contributed by atoms with Crippen molar-refractivity contribution in [1.82, 2.24) is 10.6 Å². The Kier molecular flexibility index (Phi) is 7.06. The first-order valence-electron chi connectivity index (χ1n) is 7.93. The molecular weight excluding hydrogens is 414 g/mol. The highest BCUT2D eigenvalue weighted by Gasteiger charge is 2.27. The minimum absolute atomic E-state index is 0. The van der Waals surface area contributed by atoms with E-state index in [0.717, 1.165) is 4.47 Å². The maximum atomic E-state index is 12.1. The molecule has 0 radical (unpaired) electrons. The third-order valence-electron chi connectivity index (χ3n) is 4.29. The Morgan fingerprint density at radius 3 is 2.96 bits per heavy atom. The summed E-state index contributed by atoms with van der Waals surface area (Å²) in [4.78, 5) is 25.7. The molecule has 7 nitrogen and oxygen atoms in total. The molecule has 9 heteroatoms. The van der Waals surface area contributed by atoms with Gasteiger partial charge in [-0.05, 0) is 18.2 Å². The SMILES string of the molecule is Cl.O=C(CCN1C(=O)COc2cc(Br)ccc21)NCC1CNCC1O. The molecule has 3 rings (SSSR count). The number of ether oxygens (including phenoxy) is 1. The smallest absolute Gasteiger partial charge is 0.265 e. The van der Waals surface area contributed by atoms with Crippen molar-refractivity contribution in [2.24, 2.45) is 5.92 Å². The average Bonchev–Trinajstić information content (AvgIpc) is 2.97. The first-order valence-corrected chi connectivity index (χ1v) is 8.72. The second kappa shape index (κ2) is 8.84. The van der Waals surface area contributed by atoms with Crippen LogP contribution in [0.25, 0.3) is 0 Å². The van der Waals surface area contributed by atoms with Crippen LogP contribution in [0.4, 0.5) is 5.69 Å². The zero-order valence-electron chi connectivity index (χ0n) is 13.5. The molecule has 0 aromatic heterocycles. The maximum absolute atomic E-state index is 12.1. The molecule has 0 aliphatic carbocycles. The fourth-order valence-electron chi connectivity index (χ4n) is 2.90. The highest BCUT2D eigenvalue weighted by molar-refractivity contribution is 9.10. The molecule has 1 aromatic carbocycles. The third kappa shape index (κ3) is 4.84. The van der Waals surface area contributed by atoms with Gasteiger partial charge in [0.1, 0.15) is 5.75 Å². The van der Waals surface area contributed by atoms with E-state index in [1.165, 1.54) is 0 Å². The topological polar surface area (TPSA) is 90.9 Å². The molecular formula is C16H21BrClN3O4. The van der Waals surface area contributed by atoms with Crippen molar-refractivity contribution in [2.75, 3.05) is 37.7 Å². The van der Waals surface area contributed by atoms with E-state index in [4.69, 9.17) is 4.74 Å². The summed E-state index contributed by atoms with van der Waals surface area (Å²) in [6, 6.07) is 5.45. The Morgan fingerprint density at radius 1 is 1.44 bits per heavy atom. The number of aliphatic hydroxyl groups is 1. The van der Waals surface area contributed by atoms with Gasteiger partial charge in [-0.25, -0.2) is 0 Å². The molecule has 0 saturated carbocycles. The molecule has 3 N–H and O–H groups in total. The molecule has 1 fully saturated rings. The first-order chi connectivity index (χ1) is 11.5. The molecule has 2 aliphatic heterocycles. The van der Waals surface area contributed by atoms with E-state index in [2.05, 4.69) is 26.6 Å². The van der Waals surface area contributed by atoms with Crippen LogP contribution in [0.3, 0.4) is 0 Å². The number of rotatable bonds is 5. The number of benzene rings is 1. The first kappa shape index (κ1) is 20.0. The molecule has 0 spiro atoms. The maximum Gasteiger partial charge on any atom is 0.265 e. The average molecular weight is 435 g/mol. The molecule has 2 aliphatic rings. The second-order valence-corrected chi connectivity index (χ2v) is 6.90. The summed E-state index contributed by atoms with van der Waals surface area (Å²) in [5.41, 5.74) is 0.678. The van der Waals surface area contributed by atoms with Crippen LogP contribution < -0.4 is 20.3 Å². The van der Waals surface area contributed by atoms with Gasteiger partial charge < -0.3 is 25.4 Å². The highest BCUT2D eigenvalue weighted by Crippen LogP contribution is 2.34. The number of hydrogen-bond acceptors (Lipinski definition) is 5. The monoisotopic (exact) mass is 433 g/mol. The fraction of sp³-hybridized carbons (Fsp3) is 0.500. The Bertz CT molecular complexity index is 646. The number of carbonyl (C=O) groups is 2. The summed E-state index contributed by atoms with van der Waals surface area (Å²) in [6.45, 7) is 1.98. The van der Waals surface area contributed by atoms with Crippen LogP contribution in [0.5, 0.6) is 5.75 Å². The van der Waals surface area contributed by atoms with E-state index in [-0.39, 0.29) is 43.2 Å². The number of aliphatic hydroxyl groups excluding tert-OH is 1. The lowest BCUT2D eigenvalue weighted by Gasteiger charge is -2.29. The Morgan fingerprint density at radius 2 is 2.24 bits per heavy atom. The van der Waals surface area contributed by atoms with Gasteiger partial charge in [-0.3, -0.25) is 9.59 Å². The number of halogens is 2. The summed E-state index contributed by atoms with van der Waals surface area (Å²) >= 11 is 3.37. The van der Waals surface area contributed by atoms with Gasteiger partial charge in [0, 0.05) is 43.0 Å². The molecule has 2 unspecified atom stereocenters. The van der Waals surface area contributed by atoms with Crippen molar-refractivity contribution in [1.29, 1.82) is 0 Å². The number of anilines is 1. The van der Waals surface area contributed by atoms with Gasteiger partial charge in [0.2, 0.25) is 5.91 Å². The van der Waals surface area contributed by atoms with Gasteiger partial charge in [-0.15, -0.1) is 12.4 Å². The van der Waals surface area contributed by atoms with E-state index in [0.29, 0.717) is 37.6 Å². The summed E-state index contributed by atoms with van der Waals surface area (Å²) in [7, 11) is 0. The largest absolute Gasteiger partial charge is 0.482 e. The number of amides is 2. The fourth-order valence-corrected chi connectivity index (χ4v) is 3.24. The van der Waals surface area contributed by atoms with Crippen LogP contribution >= 0.6 is 28.3 Å². The number of β-amino-alcohol motifs (C(OH)–C–C–N with tert-alkyl or cyclic N) is 1. The predicted molar refractivity (Wildman–Crippen MR) is 99.2 cm³/mol. The van der Waals surface area contributed by atoms with Gasteiger partial charge in [0.05, 0.1) is 11.8 Å². The minimum Gasteiger partial charge on any atom is -0.482 e. The van der Waals surface area contributed by atoms with Crippen molar-refractivity contribution >= 4 is 45.8 Å². The van der Waals surface area contributed by atoms with Crippen molar-refractivity contribution in [2.45, 2.75) is 12.5 Å². The molecule has 1 aromatic rings. The molecule has 0 bridgehead atoms. The van der Waals surface area contributed by atoms with Crippen LogP contribution in [0, 0.1) is 5.92 Å². The van der Waals surface area contributed by atoms with E-state index in [1.807, 2.05) is 12.1 Å². The van der Waals surface area contributed by atoms with Crippen molar-refractivity contribution in [3.8, 4) is 5.75 Å². The quantitative estimate of drug-likeness (QED) is 0.634. The van der Waals surface area contributed by atoms with Crippen LogP contribution in [-0.2, 0) is 9.59 Å². The Hall–Kier alpha value is -1.35. The van der Waals surface area contributed by atoms with Gasteiger partial charge in [-0.2, -0.15) is 0 Å². The predicted octanol–water partition coefficient (Wildman–Crippen LogP) is 0.683. The number of nitrogens with zero attached hydrogens (tertiary/aromatic N) is 1. The summed E-state index contributed by atoms with van der Waals surface area (Å²) < 4.78 is 6.30. The van der Waals surface area contributed by atoms with Crippen molar-refractivity contribution < 1.29 is 19.4 Å². The van der Waals surface area contributed by atoms with Crippen LogP contribution in [0.15, 0.2) is 22.7 Å². The lowest BCUT2D eigenvalue weighted by Crippen LogP contribution is -2.41. The zero-order chi connectivity index (χ0) is 17.1. The molecule has 138 valence electrons. The van der Waals surface area contributed by atoms with Crippen LogP contribution in [0.1, 0.15) is 6.42 Å². The lowest BCUT2D eigenvalue weighted by molar-refractivity contribution is -0.122. The van der Waals surface area contributed by atoms with Crippen LogP contribution in [-0.4, -0.2) is 55.8 Å². The standard InChI is InChI=1S/C16H20BrN3O4.ClH/c17-11-1-2-12-14(5-11)24-9-16(23)20(12)4-3-15(22)19-7-10-6-18-8-13(10)21;/h1-2,5,10,13,18,21H,3-4,6-9H2,(H,19,22);1H. The molecule has 25 heavy (non-hydrogen) atoms. The van der Waals surface area contributed by atoms with Crippen molar-refractivity contribution in [3.05, 3.63) is 22.7 Å². The summed E-state index contributed by atoms with van der Waals surface area (Å²) in [5.74, 6) is 0.377. The van der Waals surface area contributed by atoms with Crippen molar-refractivity contribution in [3.63, 3.8) is 0 Å². The zero-order valence-corrected chi connectivity index (χ0v) is 15.9. The highest BCUT2D eigenvalue weighted by atomic mass is 79.9. The van der Waals surface area contributed by atoms with Crippen LogP contribution in [0.2, 0.25) is 0 Å². The van der Waals surface area contributed by atoms with E-state index >= 15 is 0 Å². The second-order valence-electron chi connectivity index (χ2n) is 5.99. The summed E-state index contributed by atoms with van der Waals surface area (Å²) in [5, 5.41) is 15.6. The number of hydrogen-bond donors (Lipinski definition) is 3. The number of nitrogens with one attached hydrogen (secondary N) is 2. The molecule has 1 saturated heterocycles. The lowest BCUT2D eigenvalue weighted by atomic mass is 10.1. The summed E-state index contributed by atoms with van der Waals surface area (Å²) in [6.07, 6.45) is -0.214. The van der Waals surface area contributed by atoms with E-state index in [9.17, 15) is 14.7 Å². The normalized spacial score (nSPS) is 22.0. The van der Waals surface area contributed by atoms with Gasteiger partial charge in [0.15, 0.2) is 6.61 Å². The third-order valence-corrected chi connectivity index (χ3v) is 4.79. The van der Waals surface area contributed by atoms with E-state index < -0.39 is 6.10 Å². The van der Waals surface area contributed by atoms with Gasteiger partial charge >= 0.3 is 0 Å². The van der Waals surface area contributed by atoms with Gasteiger partial charge in [0.25, 0.3) is 5.91 Å². The number of fused-ring (bicyclic) bond motifs is 1. The number of carbonyl (C=O) groups excluding carboxylic acids is 2. The minimum atomic E-state index is -0.420. The molecule has 2 amide bonds. The Labute approximate surface area is 160 Å². The molecule has 2 heterocycles. The molecule has 2 atom stereocenters. The Balaban J connectivity index is 0.00000225. The van der Waals surface area contributed by atoms with E-state index in [1.54, 1.807) is 11.0 Å². The van der Waals surface area contributed by atoms with Gasteiger partial charge in [-0.1, -0.05) is 15.9 Å².